The molecule has 0 aromatic heterocycles. The van der Waals surface area contributed by atoms with E-state index in [2.05, 4.69) is 21.2 Å². The normalized spacial score (nSPS) is 19.7. The maximum atomic E-state index is 11.8. The minimum Gasteiger partial charge on any atom is -0.351 e. The summed E-state index contributed by atoms with van der Waals surface area (Å²) in [6, 6.07) is 8.02. The lowest BCUT2D eigenvalue weighted by Crippen LogP contribution is -2.30. The zero-order chi connectivity index (χ0) is 11.4. The molecule has 1 aliphatic heterocycles. The summed E-state index contributed by atoms with van der Waals surface area (Å²) < 4.78 is 1.05. The molecule has 1 unspecified atom stereocenters. The molecule has 4 heteroatoms. The van der Waals surface area contributed by atoms with Crippen LogP contribution in [0.5, 0.6) is 0 Å². The molecule has 16 heavy (non-hydrogen) atoms. The first-order valence-corrected chi connectivity index (χ1v) is 7.23. The van der Waals surface area contributed by atoms with Crippen LogP contribution in [0.15, 0.2) is 28.7 Å². The van der Waals surface area contributed by atoms with E-state index in [1.165, 1.54) is 6.42 Å². The van der Waals surface area contributed by atoms with Crippen LogP contribution in [0.4, 0.5) is 0 Å². The molecule has 1 aromatic carbocycles. The molecule has 0 bridgehead atoms. The van der Waals surface area contributed by atoms with Crippen molar-refractivity contribution in [3.63, 3.8) is 0 Å². The van der Waals surface area contributed by atoms with Gasteiger partial charge in [0.1, 0.15) is 0 Å². The lowest BCUT2D eigenvalue weighted by Gasteiger charge is -2.09. The Balaban J connectivity index is 1.84. The van der Waals surface area contributed by atoms with Crippen molar-refractivity contribution in [2.24, 2.45) is 0 Å². The lowest BCUT2D eigenvalue weighted by molar-refractivity contribution is -0.120. The zero-order valence-electron chi connectivity index (χ0n) is 8.91. The van der Waals surface area contributed by atoms with E-state index in [0.29, 0.717) is 6.54 Å². The van der Waals surface area contributed by atoms with Gasteiger partial charge in [0.15, 0.2) is 0 Å². The topological polar surface area (TPSA) is 29.1 Å². The summed E-state index contributed by atoms with van der Waals surface area (Å²) in [6.07, 6.45) is 2.19. The average Bonchev–Trinajstić information content (AvgIpc) is 2.79. The third-order valence-corrected chi connectivity index (χ3v) is 4.45. The third-order valence-electron chi connectivity index (χ3n) is 2.58. The number of carbonyl (C=O) groups is 1. The smallest absolute Gasteiger partial charge is 0.233 e. The number of nitrogens with one attached hydrogen (secondary N) is 1. The second kappa shape index (κ2) is 5.73. The summed E-state index contributed by atoms with van der Waals surface area (Å²) >= 11 is 5.19. The number of rotatable bonds is 3. The van der Waals surface area contributed by atoms with Crippen LogP contribution in [-0.2, 0) is 11.3 Å². The molecule has 0 aliphatic carbocycles. The molecular formula is C12H14BrNOS. The minimum absolute atomic E-state index is 0.173. The van der Waals surface area contributed by atoms with Crippen LogP contribution in [0, 0.1) is 0 Å². The van der Waals surface area contributed by atoms with Gasteiger partial charge in [-0.15, -0.1) is 11.8 Å². The molecule has 0 radical (unpaired) electrons. The summed E-state index contributed by atoms with van der Waals surface area (Å²) in [5.41, 5.74) is 1.13. The number of hydrogen-bond acceptors (Lipinski definition) is 2. The monoisotopic (exact) mass is 299 g/mol. The van der Waals surface area contributed by atoms with Crippen LogP contribution in [-0.4, -0.2) is 16.9 Å². The molecule has 1 saturated heterocycles. The van der Waals surface area contributed by atoms with Gasteiger partial charge in [0.25, 0.3) is 0 Å². The molecule has 86 valence electrons. The molecule has 0 spiro atoms. The maximum absolute atomic E-state index is 11.8. The molecule has 1 heterocycles. The minimum atomic E-state index is 0.173. The van der Waals surface area contributed by atoms with Gasteiger partial charge in [-0.3, -0.25) is 4.79 Å². The van der Waals surface area contributed by atoms with Crippen LogP contribution in [0.1, 0.15) is 18.4 Å². The number of amides is 1. The van der Waals surface area contributed by atoms with E-state index >= 15 is 0 Å². The standard InChI is InChI=1S/C12H14BrNOS/c13-10-4-1-3-9(7-10)8-14-12(15)11-5-2-6-16-11/h1,3-4,7,11H,2,5-6,8H2,(H,14,15). The summed E-state index contributed by atoms with van der Waals surface area (Å²) in [5.74, 6) is 1.30. The Labute approximate surface area is 108 Å². The largest absolute Gasteiger partial charge is 0.351 e. The molecule has 2 rings (SSSR count). The van der Waals surface area contributed by atoms with Gasteiger partial charge in [0.2, 0.25) is 5.91 Å². The van der Waals surface area contributed by atoms with Crippen molar-refractivity contribution in [3.05, 3.63) is 34.3 Å². The van der Waals surface area contributed by atoms with Gasteiger partial charge in [-0.05, 0) is 36.3 Å². The Kier molecular flexibility index (Phi) is 4.29. The van der Waals surface area contributed by atoms with Crippen LogP contribution in [0.25, 0.3) is 0 Å². The second-order valence-corrected chi connectivity index (χ2v) is 6.08. The van der Waals surface area contributed by atoms with E-state index in [1.807, 2.05) is 24.3 Å². The molecule has 1 aromatic rings. The van der Waals surface area contributed by atoms with Gasteiger partial charge in [-0.2, -0.15) is 0 Å². The van der Waals surface area contributed by atoms with Crippen LogP contribution in [0.2, 0.25) is 0 Å². The predicted octanol–water partition coefficient (Wildman–Crippen LogP) is 2.96. The number of halogens is 1. The van der Waals surface area contributed by atoms with Crippen molar-refractivity contribution >= 4 is 33.6 Å². The number of hydrogen-bond donors (Lipinski definition) is 1. The maximum Gasteiger partial charge on any atom is 0.233 e. The highest BCUT2D eigenvalue weighted by atomic mass is 79.9. The van der Waals surface area contributed by atoms with Crippen molar-refractivity contribution in [1.82, 2.24) is 5.32 Å². The van der Waals surface area contributed by atoms with E-state index in [1.54, 1.807) is 11.8 Å². The second-order valence-electron chi connectivity index (χ2n) is 3.85. The summed E-state index contributed by atoms with van der Waals surface area (Å²) in [6.45, 7) is 0.620. The fraction of sp³-hybridized carbons (Fsp3) is 0.417. The van der Waals surface area contributed by atoms with Crippen molar-refractivity contribution in [3.8, 4) is 0 Å². The summed E-state index contributed by atoms with van der Waals surface area (Å²) in [7, 11) is 0. The van der Waals surface area contributed by atoms with E-state index in [9.17, 15) is 4.79 Å². The lowest BCUT2D eigenvalue weighted by atomic mass is 10.2. The number of carbonyl (C=O) groups excluding carboxylic acids is 1. The number of thioether (sulfide) groups is 1. The van der Waals surface area contributed by atoms with E-state index in [4.69, 9.17) is 0 Å². The van der Waals surface area contributed by atoms with Crippen molar-refractivity contribution in [1.29, 1.82) is 0 Å². The first-order chi connectivity index (χ1) is 7.75. The van der Waals surface area contributed by atoms with Gasteiger partial charge in [-0.1, -0.05) is 28.1 Å². The van der Waals surface area contributed by atoms with Gasteiger partial charge < -0.3 is 5.32 Å². The molecule has 1 amide bonds. The molecule has 2 nitrogen and oxygen atoms in total. The zero-order valence-corrected chi connectivity index (χ0v) is 11.3. The highest BCUT2D eigenvalue weighted by Gasteiger charge is 2.22. The first-order valence-electron chi connectivity index (χ1n) is 5.39. The van der Waals surface area contributed by atoms with Crippen molar-refractivity contribution < 1.29 is 4.79 Å². The van der Waals surface area contributed by atoms with E-state index < -0.39 is 0 Å². The fourth-order valence-corrected chi connectivity index (χ4v) is 3.37. The van der Waals surface area contributed by atoms with Gasteiger partial charge in [-0.25, -0.2) is 0 Å². The molecule has 1 aliphatic rings. The molecule has 1 N–H and O–H groups in total. The molecule has 1 atom stereocenters. The summed E-state index contributed by atoms with van der Waals surface area (Å²) in [5, 5.41) is 3.16. The van der Waals surface area contributed by atoms with Gasteiger partial charge in [0.05, 0.1) is 5.25 Å². The third kappa shape index (κ3) is 3.25. The Morgan fingerprint density at radius 1 is 1.56 bits per heavy atom. The highest BCUT2D eigenvalue weighted by molar-refractivity contribution is 9.10. The first kappa shape index (κ1) is 12.0. The van der Waals surface area contributed by atoms with Crippen molar-refractivity contribution in [2.45, 2.75) is 24.6 Å². The predicted molar refractivity (Wildman–Crippen MR) is 71.5 cm³/mol. The molecule has 1 fully saturated rings. The SMILES string of the molecule is O=C(NCc1cccc(Br)c1)C1CCCS1. The Bertz CT molecular complexity index is 377. The molecule has 0 saturated carbocycles. The fourth-order valence-electron chi connectivity index (χ4n) is 1.73. The van der Waals surface area contributed by atoms with Crippen molar-refractivity contribution in [2.75, 3.05) is 5.75 Å². The highest BCUT2D eigenvalue weighted by Crippen LogP contribution is 2.26. The van der Waals surface area contributed by atoms with Crippen LogP contribution >= 0.6 is 27.7 Å². The van der Waals surface area contributed by atoms with E-state index in [-0.39, 0.29) is 11.2 Å². The van der Waals surface area contributed by atoms with E-state index in [0.717, 1.165) is 22.2 Å². The molecular weight excluding hydrogens is 286 g/mol. The van der Waals surface area contributed by atoms with Gasteiger partial charge >= 0.3 is 0 Å². The summed E-state index contributed by atoms with van der Waals surface area (Å²) in [4.78, 5) is 11.8. The number of benzene rings is 1. The Hall–Kier alpha value is -0.480. The Morgan fingerprint density at radius 2 is 2.44 bits per heavy atom. The van der Waals surface area contributed by atoms with Crippen LogP contribution in [0.3, 0.4) is 0 Å². The van der Waals surface area contributed by atoms with Crippen LogP contribution < -0.4 is 5.32 Å². The quantitative estimate of drug-likeness (QED) is 0.930. The Morgan fingerprint density at radius 3 is 3.12 bits per heavy atom. The average molecular weight is 300 g/mol. The van der Waals surface area contributed by atoms with Gasteiger partial charge in [0, 0.05) is 11.0 Å².